The van der Waals surface area contributed by atoms with Gasteiger partial charge in [-0.15, -0.1) is 0 Å². The molecule has 1 unspecified atom stereocenters. The molecule has 3 aromatic carbocycles. The van der Waals surface area contributed by atoms with Gasteiger partial charge in [0.2, 0.25) is 11.8 Å². The molecule has 0 aliphatic carbocycles. The third kappa shape index (κ3) is 8.12. The van der Waals surface area contributed by atoms with Crippen LogP contribution in [0.3, 0.4) is 0 Å². The number of anilines is 1. The molecule has 1 atom stereocenters. The van der Waals surface area contributed by atoms with E-state index in [1.165, 1.54) is 47.4 Å². The highest BCUT2D eigenvalue weighted by Gasteiger charge is 2.34. The molecule has 3 rings (SSSR count). The molecule has 8 nitrogen and oxygen atoms in total. The number of nitrogens with one attached hydrogen (secondary N) is 1. The van der Waals surface area contributed by atoms with Gasteiger partial charge in [-0.2, -0.15) is 0 Å². The summed E-state index contributed by atoms with van der Waals surface area (Å²) in [4.78, 5) is 28.2. The zero-order valence-electron chi connectivity index (χ0n) is 22.9. The molecular formula is C29H32Cl2FN3O5S. The number of nitrogens with zero attached hydrogens (tertiary/aromatic N) is 2. The number of likely N-dealkylation sites (N-methyl/N-ethyl adjacent to an activating group) is 1. The van der Waals surface area contributed by atoms with Gasteiger partial charge in [0.25, 0.3) is 10.0 Å². The first kappa shape index (κ1) is 32.2. The topological polar surface area (TPSA) is 96.0 Å². The van der Waals surface area contributed by atoms with Crippen LogP contribution in [0, 0.1) is 5.82 Å². The Morgan fingerprint density at radius 3 is 2.20 bits per heavy atom. The molecule has 0 spiro atoms. The summed E-state index contributed by atoms with van der Waals surface area (Å²) in [6.45, 7) is 5.31. The number of carbonyl (C=O) groups is 2. The molecule has 0 saturated heterocycles. The summed E-state index contributed by atoms with van der Waals surface area (Å²) >= 11 is 12.4. The van der Waals surface area contributed by atoms with E-state index in [-0.39, 0.29) is 23.5 Å². The molecule has 0 aromatic heterocycles. The fraction of sp³-hybridized carbons (Fsp3) is 0.310. The van der Waals surface area contributed by atoms with Gasteiger partial charge in [0, 0.05) is 23.1 Å². The van der Waals surface area contributed by atoms with Gasteiger partial charge in [-0.1, -0.05) is 36.2 Å². The van der Waals surface area contributed by atoms with E-state index in [4.69, 9.17) is 27.9 Å². The number of ether oxygens (including phenoxy) is 1. The predicted molar refractivity (Wildman–Crippen MR) is 158 cm³/mol. The zero-order valence-corrected chi connectivity index (χ0v) is 25.3. The van der Waals surface area contributed by atoms with Crippen LogP contribution in [0.15, 0.2) is 71.6 Å². The van der Waals surface area contributed by atoms with Gasteiger partial charge >= 0.3 is 0 Å². The molecule has 41 heavy (non-hydrogen) atoms. The van der Waals surface area contributed by atoms with Crippen molar-refractivity contribution in [2.45, 2.75) is 44.7 Å². The Labute approximate surface area is 250 Å². The third-order valence-electron chi connectivity index (χ3n) is 6.21. The molecular weight excluding hydrogens is 592 g/mol. The smallest absolute Gasteiger partial charge is 0.264 e. The summed E-state index contributed by atoms with van der Waals surface area (Å²) in [6, 6.07) is 14.4. The SMILES string of the molecule is CCNC(=O)C(CC)N(Cc1ccc(Cl)cc1Cl)C(=O)CN(c1ccc(F)cc1)S(=O)(=O)c1ccc(OCC)cc1. The van der Waals surface area contributed by atoms with Crippen LogP contribution < -0.4 is 14.4 Å². The maximum absolute atomic E-state index is 14.0. The molecule has 0 heterocycles. The Morgan fingerprint density at radius 1 is 0.976 bits per heavy atom. The van der Waals surface area contributed by atoms with Gasteiger partial charge in [0.05, 0.1) is 17.2 Å². The van der Waals surface area contributed by atoms with Gasteiger partial charge in [-0.3, -0.25) is 13.9 Å². The summed E-state index contributed by atoms with van der Waals surface area (Å²) in [5, 5.41) is 3.42. The van der Waals surface area contributed by atoms with E-state index in [1.807, 2.05) is 0 Å². The molecule has 0 fully saturated rings. The lowest BCUT2D eigenvalue weighted by Gasteiger charge is -2.33. The fourth-order valence-electron chi connectivity index (χ4n) is 4.18. The normalized spacial score (nSPS) is 12.0. The number of sulfonamides is 1. The van der Waals surface area contributed by atoms with Crippen molar-refractivity contribution in [3.8, 4) is 5.75 Å². The van der Waals surface area contributed by atoms with Crippen molar-refractivity contribution in [1.82, 2.24) is 10.2 Å². The summed E-state index contributed by atoms with van der Waals surface area (Å²) < 4.78 is 47.8. The summed E-state index contributed by atoms with van der Waals surface area (Å²) in [5.74, 6) is -1.14. The van der Waals surface area contributed by atoms with E-state index in [0.29, 0.717) is 34.5 Å². The van der Waals surface area contributed by atoms with E-state index in [9.17, 15) is 22.4 Å². The lowest BCUT2D eigenvalue weighted by molar-refractivity contribution is -0.140. The van der Waals surface area contributed by atoms with Crippen LogP contribution in [0.25, 0.3) is 0 Å². The van der Waals surface area contributed by atoms with Gasteiger partial charge in [0.15, 0.2) is 0 Å². The molecule has 0 bridgehead atoms. The minimum Gasteiger partial charge on any atom is -0.494 e. The number of benzene rings is 3. The van der Waals surface area contributed by atoms with Crippen LogP contribution in [0.2, 0.25) is 10.0 Å². The Kier molecular flexibility index (Phi) is 11.4. The zero-order chi connectivity index (χ0) is 30.2. The quantitative estimate of drug-likeness (QED) is 0.265. The van der Waals surface area contributed by atoms with Crippen LogP contribution in [0.1, 0.15) is 32.8 Å². The van der Waals surface area contributed by atoms with Crippen molar-refractivity contribution in [2.24, 2.45) is 0 Å². The predicted octanol–water partition coefficient (Wildman–Crippen LogP) is 5.67. The molecule has 0 saturated carbocycles. The highest BCUT2D eigenvalue weighted by Crippen LogP contribution is 2.28. The lowest BCUT2D eigenvalue weighted by Crippen LogP contribution is -2.52. The van der Waals surface area contributed by atoms with Crippen molar-refractivity contribution in [1.29, 1.82) is 0 Å². The summed E-state index contributed by atoms with van der Waals surface area (Å²) in [7, 11) is -4.31. The molecule has 0 aliphatic heterocycles. The van der Waals surface area contributed by atoms with Crippen LogP contribution in [0.5, 0.6) is 5.75 Å². The summed E-state index contributed by atoms with van der Waals surface area (Å²) in [5.41, 5.74) is 0.596. The van der Waals surface area contributed by atoms with Crippen molar-refractivity contribution >= 4 is 50.7 Å². The Balaban J connectivity index is 2.06. The minimum absolute atomic E-state index is 0.0733. The standard InChI is InChI=1S/C29H32Cl2FN3O5S/c1-4-27(29(37)33-5-2)34(18-20-7-8-21(30)17-26(20)31)28(36)19-35(23-11-9-22(32)10-12-23)41(38,39)25-15-13-24(14-16-25)40-6-3/h7-17,27H,4-6,18-19H2,1-3H3,(H,33,37). The Morgan fingerprint density at radius 2 is 1.63 bits per heavy atom. The van der Waals surface area contributed by atoms with E-state index in [1.54, 1.807) is 32.9 Å². The van der Waals surface area contributed by atoms with Crippen LogP contribution in [-0.2, 0) is 26.2 Å². The maximum atomic E-state index is 14.0. The van der Waals surface area contributed by atoms with E-state index in [0.717, 1.165) is 16.4 Å². The fourth-order valence-corrected chi connectivity index (χ4v) is 6.07. The number of hydrogen-bond acceptors (Lipinski definition) is 5. The van der Waals surface area contributed by atoms with Crippen molar-refractivity contribution in [2.75, 3.05) is 24.0 Å². The molecule has 12 heteroatoms. The van der Waals surface area contributed by atoms with Crippen LogP contribution in [0.4, 0.5) is 10.1 Å². The maximum Gasteiger partial charge on any atom is 0.264 e. The average Bonchev–Trinajstić information content (AvgIpc) is 2.94. The molecule has 3 aromatic rings. The van der Waals surface area contributed by atoms with Crippen molar-refractivity contribution in [3.63, 3.8) is 0 Å². The lowest BCUT2D eigenvalue weighted by atomic mass is 10.1. The molecule has 220 valence electrons. The first-order valence-electron chi connectivity index (χ1n) is 13.0. The van der Waals surface area contributed by atoms with Crippen molar-refractivity contribution < 1.29 is 27.1 Å². The van der Waals surface area contributed by atoms with E-state index < -0.39 is 40.2 Å². The van der Waals surface area contributed by atoms with Crippen molar-refractivity contribution in [3.05, 3.63) is 88.2 Å². The van der Waals surface area contributed by atoms with Gasteiger partial charge < -0.3 is 15.0 Å². The van der Waals surface area contributed by atoms with Gasteiger partial charge in [0.1, 0.15) is 24.2 Å². The number of carbonyl (C=O) groups excluding carboxylic acids is 2. The number of rotatable bonds is 13. The van der Waals surface area contributed by atoms with Crippen LogP contribution >= 0.6 is 23.2 Å². The first-order chi connectivity index (χ1) is 19.5. The average molecular weight is 625 g/mol. The Hall–Kier alpha value is -3.34. The number of hydrogen-bond donors (Lipinski definition) is 1. The van der Waals surface area contributed by atoms with E-state index in [2.05, 4.69) is 5.32 Å². The van der Waals surface area contributed by atoms with Gasteiger partial charge in [-0.05, 0) is 86.5 Å². The summed E-state index contributed by atoms with van der Waals surface area (Å²) in [6.07, 6.45) is 0.255. The minimum atomic E-state index is -4.31. The van der Waals surface area contributed by atoms with Crippen LogP contribution in [-0.4, -0.2) is 50.9 Å². The second-order valence-electron chi connectivity index (χ2n) is 8.97. The largest absolute Gasteiger partial charge is 0.494 e. The first-order valence-corrected chi connectivity index (χ1v) is 15.2. The molecule has 0 radical (unpaired) electrons. The Bertz CT molecular complexity index is 1450. The monoisotopic (exact) mass is 623 g/mol. The van der Waals surface area contributed by atoms with Gasteiger partial charge in [-0.25, -0.2) is 12.8 Å². The third-order valence-corrected chi connectivity index (χ3v) is 8.58. The molecule has 1 N–H and O–H groups in total. The highest BCUT2D eigenvalue weighted by atomic mass is 35.5. The number of halogens is 3. The second-order valence-corrected chi connectivity index (χ2v) is 11.7. The highest BCUT2D eigenvalue weighted by molar-refractivity contribution is 7.92. The number of amides is 2. The molecule has 2 amide bonds. The second kappa shape index (κ2) is 14.5. The van der Waals surface area contributed by atoms with E-state index >= 15 is 0 Å². The molecule has 0 aliphatic rings.